The molecule has 0 aliphatic heterocycles. The Labute approximate surface area is 68.9 Å². The van der Waals surface area contributed by atoms with Crippen molar-refractivity contribution in [2.24, 2.45) is 7.05 Å². The normalized spacial score (nSPS) is 10.4. The molecule has 0 aliphatic carbocycles. The Kier molecular flexibility index (Phi) is 2.72. The zero-order valence-corrected chi connectivity index (χ0v) is 7.26. The first-order valence-corrected chi connectivity index (χ1v) is 4.01. The molecule has 0 aliphatic rings. The number of methoxy groups -OCH3 is 1. The van der Waals surface area contributed by atoms with Crippen molar-refractivity contribution in [3.8, 4) is 0 Å². The lowest BCUT2D eigenvalue weighted by molar-refractivity contribution is 0.258. The smallest absolute Gasteiger partial charge is 0.222 e. The molecule has 11 heavy (non-hydrogen) atoms. The van der Waals surface area contributed by atoms with Gasteiger partial charge in [0.2, 0.25) is 5.95 Å². The summed E-state index contributed by atoms with van der Waals surface area (Å²) in [7, 11) is 3.44. The number of nitrogens with two attached hydrogens (primary N) is 1. The maximum atomic E-state index is 5.45. The Morgan fingerprint density at radius 2 is 2.36 bits per heavy atom. The van der Waals surface area contributed by atoms with Crippen LogP contribution in [0.4, 0.5) is 5.95 Å². The van der Waals surface area contributed by atoms with E-state index in [1.54, 1.807) is 11.7 Å². The molecule has 0 fully saturated rings. The minimum atomic E-state index is 0.420. The zero-order valence-electron chi connectivity index (χ0n) is 6.44. The first-order chi connectivity index (χ1) is 5.25. The monoisotopic (exact) mass is 174 g/mol. The average Bonchev–Trinajstić information content (AvgIpc) is 2.31. The topological polar surface area (TPSA) is 66.0 Å². The first kappa shape index (κ1) is 8.35. The molecule has 0 bridgehead atoms. The molecule has 5 nitrogen and oxygen atoms in total. The maximum absolute atomic E-state index is 5.45. The molecular weight excluding hydrogens is 164 g/mol. The molecule has 2 N–H and O–H groups in total. The van der Waals surface area contributed by atoms with E-state index in [0.29, 0.717) is 11.9 Å². The standard InChI is InChI=1S/C5H10N4OS/c1-9-4(6)7-8-5(9)11-3-10-2/h3H2,1-2H3,(H2,6,7). The highest BCUT2D eigenvalue weighted by Crippen LogP contribution is 2.15. The zero-order chi connectivity index (χ0) is 8.27. The van der Waals surface area contributed by atoms with Crippen molar-refractivity contribution in [1.82, 2.24) is 14.8 Å². The van der Waals surface area contributed by atoms with Crippen LogP contribution in [0.1, 0.15) is 0 Å². The van der Waals surface area contributed by atoms with E-state index in [-0.39, 0.29) is 0 Å². The van der Waals surface area contributed by atoms with Crippen LogP contribution in [0.3, 0.4) is 0 Å². The molecule has 0 unspecified atom stereocenters. The van der Waals surface area contributed by atoms with Crippen LogP contribution in [0.25, 0.3) is 0 Å². The van der Waals surface area contributed by atoms with Crippen molar-refractivity contribution in [2.45, 2.75) is 5.16 Å². The third kappa shape index (κ3) is 1.84. The van der Waals surface area contributed by atoms with Gasteiger partial charge in [-0.15, -0.1) is 10.2 Å². The lowest BCUT2D eigenvalue weighted by Gasteiger charge is -1.98. The fraction of sp³-hybridized carbons (Fsp3) is 0.600. The van der Waals surface area contributed by atoms with Crippen molar-refractivity contribution < 1.29 is 4.74 Å². The molecule has 0 aromatic carbocycles. The molecule has 1 rings (SSSR count). The second-order valence-electron chi connectivity index (χ2n) is 1.95. The molecule has 1 heterocycles. The van der Waals surface area contributed by atoms with Crippen LogP contribution in [0.2, 0.25) is 0 Å². The molecule has 0 saturated heterocycles. The summed E-state index contributed by atoms with van der Waals surface area (Å²) < 4.78 is 6.56. The minimum Gasteiger partial charge on any atom is -0.374 e. The quantitative estimate of drug-likeness (QED) is 0.519. The number of hydrogen-bond acceptors (Lipinski definition) is 5. The van der Waals surface area contributed by atoms with Crippen molar-refractivity contribution in [1.29, 1.82) is 0 Å². The van der Waals surface area contributed by atoms with E-state index in [4.69, 9.17) is 10.5 Å². The van der Waals surface area contributed by atoms with Gasteiger partial charge < -0.3 is 10.5 Å². The van der Waals surface area contributed by atoms with Crippen molar-refractivity contribution in [3.05, 3.63) is 0 Å². The van der Waals surface area contributed by atoms with Gasteiger partial charge in [-0.25, -0.2) is 0 Å². The van der Waals surface area contributed by atoms with Crippen molar-refractivity contribution >= 4 is 17.7 Å². The average molecular weight is 174 g/mol. The number of nitrogens with zero attached hydrogens (tertiary/aromatic N) is 3. The second kappa shape index (κ2) is 3.59. The molecular formula is C5H10N4OS. The number of anilines is 1. The largest absolute Gasteiger partial charge is 0.374 e. The molecule has 1 aromatic heterocycles. The summed E-state index contributed by atoms with van der Waals surface area (Å²) in [5, 5.41) is 8.28. The van der Waals surface area contributed by atoms with Crippen LogP contribution in [-0.2, 0) is 11.8 Å². The van der Waals surface area contributed by atoms with Gasteiger partial charge in [0.05, 0.1) is 5.94 Å². The summed E-state index contributed by atoms with van der Waals surface area (Å²) in [6.45, 7) is 0. The Morgan fingerprint density at radius 3 is 2.82 bits per heavy atom. The Hall–Kier alpha value is -0.750. The molecule has 0 amide bonds. The number of hydrogen-bond donors (Lipinski definition) is 1. The highest BCUT2D eigenvalue weighted by atomic mass is 32.2. The summed E-state index contributed by atoms with van der Waals surface area (Å²) >= 11 is 1.45. The summed E-state index contributed by atoms with van der Waals surface area (Å²) in [4.78, 5) is 0. The fourth-order valence-corrected chi connectivity index (χ4v) is 1.17. The van der Waals surface area contributed by atoms with Gasteiger partial charge in [-0.2, -0.15) is 0 Å². The van der Waals surface area contributed by atoms with E-state index in [1.807, 2.05) is 7.05 Å². The Morgan fingerprint density at radius 1 is 1.64 bits per heavy atom. The van der Waals surface area contributed by atoms with Crippen molar-refractivity contribution in [2.75, 3.05) is 18.8 Å². The molecule has 0 atom stereocenters. The summed E-state index contributed by atoms with van der Waals surface area (Å²) in [5.41, 5.74) is 5.45. The molecule has 62 valence electrons. The summed E-state index contributed by atoms with van der Waals surface area (Å²) in [6, 6.07) is 0. The van der Waals surface area contributed by atoms with Crippen LogP contribution in [0.15, 0.2) is 5.16 Å². The van der Waals surface area contributed by atoms with Crippen molar-refractivity contribution in [3.63, 3.8) is 0 Å². The maximum Gasteiger partial charge on any atom is 0.222 e. The summed E-state index contributed by atoms with van der Waals surface area (Å²) in [6.07, 6.45) is 0. The van der Waals surface area contributed by atoms with E-state index in [0.717, 1.165) is 5.16 Å². The van der Waals surface area contributed by atoms with Gasteiger partial charge in [-0.3, -0.25) is 4.57 Å². The lowest BCUT2D eigenvalue weighted by Crippen LogP contribution is -1.98. The van der Waals surface area contributed by atoms with E-state index in [2.05, 4.69) is 10.2 Å². The molecule has 0 saturated carbocycles. The predicted molar refractivity (Wildman–Crippen MR) is 43.1 cm³/mol. The van der Waals surface area contributed by atoms with E-state index in [9.17, 15) is 0 Å². The van der Waals surface area contributed by atoms with Crippen LogP contribution < -0.4 is 5.73 Å². The van der Waals surface area contributed by atoms with Crippen LogP contribution in [-0.4, -0.2) is 27.8 Å². The number of thioether (sulfide) groups is 1. The van der Waals surface area contributed by atoms with Crippen LogP contribution in [0.5, 0.6) is 0 Å². The molecule has 6 heteroatoms. The third-order valence-corrected chi connectivity index (χ3v) is 2.14. The van der Waals surface area contributed by atoms with Gasteiger partial charge >= 0.3 is 0 Å². The van der Waals surface area contributed by atoms with Gasteiger partial charge in [-0.1, -0.05) is 11.8 Å². The third-order valence-electron chi connectivity index (χ3n) is 1.17. The van der Waals surface area contributed by atoms with E-state index >= 15 is 0 Å². The predicted octanol–water partition coefficient (Wildman–Crippen LogP) is 0.0933. The van der Waals surface area contributed by atoms with Gasteiger partial charge in [0, 0.05) is 14.2 Å². The molecule has 1 aromatic rings. The first-order valence-electron chi connectivity index (χ1n) is 3.02. The molecule has 0 radical (unpaired) electrons. The number of nitrogen functional groups attached to an aromatic ring is 1. The Bertz CT molecular complexity index is 236. The minimum absolute atomic E-state index is 0.420. The number of rotatable bonds is 3. The number of aromatic nitrogens is 3. The summed E-state index contributed by atoms with van der Waals surface area (Å²) in [5.74, 6) is 0.981. The highest BCUT2D eigenvalue weighted by Gasteiger charge is 2.04. The van der Waals surface area contributed by atoms with Gasteiger partial charge in [0.1, 0.15) is 0 Å². The van der Waals surface area contributed by atoms with Gasteiger partial charge in [0.25, 0.3) is 0 Å². The van der Waals surface area contributed by atoms with Gasteiger partial charge in [0.15, 0.2) is 5.16 Å². The highest BCUT2D eigenvalue weighted by molar-refractivity contribution is 7.99. The van der Waals surface area contributed by atoms with E-state index < -0.39 is 0 Å². The lowest BCUT2D eigenvalue weighted by atomic mass is 11.0. The van der Waals surface area contributed by atoms with E-state index in [1.165, 1.54) is 11.8 Å². The van der Waals surface area contributed by atoms with Gasteiger partial charge in [-0.05, 0) is 0 Å². The SMILES string of the molecule is COCSc1nnc(N)n1C. The number of ether oxygens (including phenoxy) is 1. The fourth-order valence-electron chi connectivity index (χ4n) is 0.563. The molecule has 0 spiro atoms. The second-order valence-corrected chi connectivity index (χ2v) is 2.84. The van der Waals surface area contributed by atoms with Crippen LogP contribution >= 0.6 is 11.8 Å². The van der Waals surface area contributed by atoms with Crippen LogP contribution in [0, 0.1) is 0 Å². The Balaban J connectivity index is 2.63.